The summed E-state index contributed by atoms with van der Waals surface area (Å²) in [6.07, 6.45) is -0.244. The van der Waals surface area contributed by atoms with Crippen molar-refractivity contribution in [1.29, 1.82) is 0 Å². The average molecular weight is 253 g/mol. The number of aryl methyl sites for hydroxylation is 1. The normalized spacial score (nSPS) is 38.3. The van der Waals surface area contributed by atoms with Gasteiger partial charge in [0.2, 0.25) is 0 Å². The number of nitro groups is 1. The van der Waals surface area contributed by atoms with Gasteiger partial charge in [0.1, 0.15) is 23.1 Å². The van der Waals surface area contributed by atoms with Gasteiger partial charge in [-0.25, -0.2) is 0 Å². The minimum Gasteiger partial charge on any atom is -0.368 e. The van der Waals surface area contributed by atoms with Gasteiger partial charge in [0, 0.05) is 5.92 Å². The number of nitrogens with zero attached hydrogens (tertiary/aromatic N) is 2. The van der Waals surface area contributed by atoms with E-state index in [0.717, 1.165) is 0 Å². The van der Waals surface area contributed by atoms with Gasteiger partial charge in [0.15, 0.2) is 0 Å². The maximum Gasteiger partial charge on any atom is 0.315 e. The zero-order valence-corrected chi connectivity index (χ0v) is 10.5. The molecular weight excluding hydrogens is 238 g/mol. The number of fused-ring (bicyclic) bond motifs is 1. The van der Waals surface area contributed by atoms with E-state index in [0.29, 0.717) is 18.0 Å². The smallest absolute Gasteiger partial charge is 0.315 e. The standard InChI is InChI=1S/C11H15N3O4/c1-5-9(17-4-11(3)10(5)18-11)7-8(14(15)16)6(2)12-13-7/h5,9-10H,4H2,1-3H3,(H,12,13). The Bertz CT molecular complexity index is 514. The van der Waals surface area contributed by atoms with Crippen LogP contribution in [0.5, 0.6) is 0 Å². The molecule has 2 aliphatic rings. The van der Waals surface area contributed by atoms with Crippen molar-refractivity contribution in [3.63, 3.8) is 0 Å². The Kier molecular flexibility index (Phi) is 2.27. The zero-order valence-electron chi connectivity index (χ0n) is 10.5. The second-order valence-electron chi connectivity index (χ2n) is 5.27. The Morgan fingerprint density at radius 2 is 2.33 bits per heavy atom. The Hall–Kier alpha value is -1.47. The summed E-state index contributed by atoms with van der Waals surface area (Å²) in [5, 5.41) is 17.7. The van der Waals surface area contributed by atoms with Gasteiger partial charge in [-0.1, -0.05) is 6.92 Å². The van der Waals surface area contributed by atoms with Gasteiger partial charge in [-0.2, -0.15) is 5.10 Å². The molecule has 4 unspecified atom stereocenters. The van der Waals surface area contributed by atoms with Gasteiger partial charge in [-0.15, -0.1) is 0 Å². The Balaban J connectivity index is 1.94. The van der Waals surface area contributed by atoms with Crippen LogP contribution in [0.2, 0.25) is 0 Å². The molecule has 0 aromatic carbocycles. The molecule has 1 N–H and O–H groups in total. The molecule has 18 heavy (non-hydrogen) atoms. The second kappa shape index (κ2) is 3.52. The van der Waals surface area contributed by atoms with Crippen molar-refractivity contribution in [1.82, 2.24) is 10.2 Å². The third-order valence-corrected chi connectivity index (χ3v) is 3.85. The molecule has 2 fully saturated rings. The van der Waals surface area contributed by atoms with Crippen LogP contribution < -0.4 is 0 Å². The number of aromatic amines is 1. The summed E-state index contributed by atoms with van der Waals surface area (Å²) >= 11 is 0. The fourth-order valence-electron chi connectivity index (χ4n) is 2.82. The number of hydrogen-bond acceptors (Lipinski definition) is 5. The average Bonchev–Trinajstić information content (AvgIpc) is 2.84. The molecule has 1 aromatic heterocycles. The van der Waals surface area contributed by atoms with Crippen LogP contribution in [0.3, 0.4) is 0 Å². The first kappa shape index (κ1) is 11.6. The molecule has 0 aliphatic carbocycles. The van der Waals surface area contributed by atoms with Crippen LogP contribution in [-0.4, -0.2) is 33.4 Å². The van der Waals surface area contributed by atoms with Crippen LogP contribution in [0.15, 0.2) is 0 Å². The molecule has 0 radical (unpaired) electrons. The predicted molar refractivity (Wildman–Crippen MR) is 61.1 cm³/mol. The SMILES string of the molecule is Cc1n[nH]c(C2OCC3(C)OC3C2C)c1[N+](=O)[O-]. The lowest BCUT2D eigenvalue weighted by Gasteiger charge is -2.27. The van der Waals surface area contributed by atoms with Crippen LogP contribution in [0, 0.1) is 23.0 Å². The highest BCUT2D eigenvalue weighted by atomic mass is 16.6. The minimum atomic E-state index is -0.411. The fourth-order valence-corrected chi connectivity index (χ4v) is 2.82. The summed E-state index contributed by atoms with van der Waals surface area (Å²) in [5.41, 5.74) is 0.647. The van der Waals surface area contributed by atoms with E-state index < -0.39 is 4.92 Å². The van der Waals surface area contributed by atoms with E-state index in [2.05, 4.69) is 10.2 Å². The molecule has 0 spiro atoms. The van der Waals surface area contributed by atoms with E-state index in [1.807, 2.05) is 13.8 Å². The lowest BCUT2D eigenvalue weighted by atomic mass is 9.88. The zero-order chi connectivity index (χ0) is 13.1. The molecule has 0 amide bonds. The molecular formula is C11H15N3O4. The third-order valence-electron chi connectivity index (χ3n) is 3.85. The number of rotatable bonds is 2. The molecule has 3 rings (SSSR count). The van der Waals surface area contributed by atoms with Gasteiger partial charge in [0.05, 0.1) is 17.6 Å². The van der Waals surface area contributed by atoms with E-state index >= 15 is 0 Å². The van der Waals surface area contributed by atoms with Crippen LogP contribution in [0.25, 0.3) is 0 Å². The fraction of sp³-hybridized carbons (Fsp3) is 0.727. The van der Waals surface area contributed by atoms with Crippen LogP contribution >= 0.6 is 0 Å². The first-order chi connectivity index (χ1) is 8.44. The molecule has 4 atom stereocenters. The van der Waals surface area contributed by atoms with Crippen molar-refractivity contribution in [2.75, 3.05) is 6.61 Å². The molecule has 98 valence electrons. The largest absolute Gasteiger partial charge is 0.368 e. The van der Waals surface area contributed by atoms with Crippen molar-refractivity contribution >= 4 is 5.69 Å². The highest BCUT2D eigenvalue weighted by molar-refractivity contribution is 5.41. The van der Waals surface area contributed by atoms with Crippen LogP contribution in [-0.2, 0) is 9.47 Å². The third kappa shape index (κ3) is 1.47. The molecule has 3 heterocycles. The summed E-state index contributed by atoms with van der Waals surface area (Å²) in [7, 11) is 0. The second-order valence-corrected chi connectivity index (χ2v) is 5.27. The molecule has 1 aromatic rings. The Labute approximate surface area is 104 Å². The summed E-state index contributed by atoms with van der Waals surface area (Å²) in [6, 6.07) is 0. The monoisotopic (exact) mass is 253 g/mol. The maximum atomic E-state index is 11.1. The lowest BCUT2D eigenvalue weighted by molar-refractivity contribution is -0.387. The predicted octanol–water partition coefficient (Wildman–Crippen LogP) is 1.49. The van der Waals surface area contributed by atoms with Crippen LogP contribution in [0.4, 0.5) is 5.69 Å². The topological polar surface area (TPSA) is 93.6 Å². The van der Waals surface area contributed by atoms with Crippen molar-refractivity contribution in [2.24, 2.45) is 5.92 Å². The van der Waals surface area contributed by atoms with Gasteiger partial charge in [-0.3, -0.25) is 15.2 Å². The minimum absolute atomic E-state index is 0.0242. The highest BCUT2D eigenvalue weighted by Gasteiger charge is 2.61. The summed E-state index contributed by atoms with van der Waals surface area (Å²) in [6.45, 7) is 6.06. The van der Waals surface area contributed by atoms with E-state index in [4.69, 9.17) is 9.47 Å². The highest BCUT2D eigenvalue weighted by Crippen LogP contribution is 2.51. The molecule has 7 heteroatoms. The Morgan fingerprint density at radius 1 is 1.61 bits per heavy atom. The van der Waals surface area contributed by atoms with Crippen molar-refractivity contribution in [2.45, 2.75) is 38.6 Å². The summed E-state index contributed by atoms with van der Waals surface area (Å²) in [5.74, 6) is 0.0716. The first-order valence-electron chi connectivity index (χ1n) is 5.93. The van der Waals surface area contributed by atoms with E-state index in [1.54, 1.807) is 6.92 Å². The van der Waals surface area contributed by atoms with Crippen LogP contribution in [0.1, 0.15) is 31.3 Å². The van der Waals surface area contributed by atoms with E-state index in [9.17, 15) is 10.1 Å². The van der Waals surface area contributed by atoms with Crippen molar-refractivity contribution in [3.05, 3.63) is 21.5 Å². The van der Waals surface area contributed by atoms with Gasteiger partial charge < -0.3 is 9.47 Å². The molecule has 2 saturated heterocycles. The number of H-pyrrole nitrogens is 1. The van der Waals surface area contributed by atoms with Gasteiger partial charge in [-0.05, 0) is 13.8 Å². The van der Waals surface area contributed by atoms with E-state index in [1.165, 1.54) is 0 Å². The Morgan fingerprint density at radius 3 is 3.00 bits per heavy atom. The van der Waals surface area contributed by atoms with Gasteiger partial charge in [0.25, 0.3) is 0 Å². The molecule has 0 saturated carbocycles. The maximum absolute atomic E-state index is 11.1. The number of ether oxygens (including phenoxy) is 2. The number of hydrogen-bond donors (Lipinski definition) is 1. The summed E-state index contributed by atoms with van der Waals surface area (Å²) in [4.78, 5) is 10.7. The number of nitrogens with one attached hydrogen (secondary N) is 1. The van der Waals surface area contributed by atoms with Crippen molar-refractivity contribution < 1.29 is 14.4 Å². The van der Waals surface area contributed by atoms with Crippen molar-refractivity contribution in [3.8, 4) is 0 Å². The van der Waals surface area contributed by atoms with Gasteiger partial charge >= 0.3 is 5.69 Å². The molecule has 7 nitrogen and oxygen atoms in total. The number of aromatic nitrogens is 2. The first-order valence-corrected chi connectivity index (χ1v) is 5.93. The quantitative estimate of drug-likeness (QED) is 0.489. The molecule has 2 aliphatic heterocycles. The molecule has 0 bridgehead atoms. The lowest BCUT2D eigenvalue weighted by Crippen LogP contribution is -2.34. The van der Waals surface area contributed by atoms with E-state index in [-0.39, 0.29) is 29.4 Å². The number of epoxide rings is 1. The summed E-state index contributed by atoms with van der Waals surface area (Å²) < 4.78 is 11.3.